The Bertz CT molecular complexity index is 731. The fraction of sp³-hybridized carbons (Fsp3) is 0.500. The molecule has 2 aromatic rings. The van der Waals surface area contributed by atoms with Gasteiger partial charge >= 0.3 is 0 Å². The molecule has 1 aliphatic rings. The maximum atomic E-state index is 12.6. The minimum Gasteiger partial charge on any atom is -0.392 e. The summed E-state index contributed by atoms with van der Waals surface area (Å²) in [4.78, 5) is 18.7. The number of aliphatic hydroxyl groups is 1. The number of likely N-dealkylation sites (N-methyl/N-ethyl adjacent to an activating group) is 1. The maximum absolute atomic E-state index is 12.6. The third-order valence-corrected chi connectivity index (χ3v) is 4.67. The van der Waals surface area contributed by atoms with E-state index >= 15 is 0 Å². The highest BCUT2D eigenvalue weighted by atomic mass is 16.5. The zero-order valence-corrected chi connectivity index (χ0v) is 14.6. The van der Waals surface area contributed by atoms with E-state index in [-0.39, 0.29) is 31.0 Å². The lowest BCUT2D eigenvalue weighted by Gasteiger charge is -2.24. The smallest absolute Gasteiger partial charge is 0.226 e. The number of carbonyl (C=O) groups excluding carboxylic acids is 1. The van der Waals surface area contributed by atoms with Gasteiger partial charge < -0.3 is 14.7 Å². The van der Waals surface area contributed by atoms with Crippen molar-refractivity contribution >= 4 is 5.91 Å². The second-order valence-corrected chi connectivity index (χ2v) is 6.46. The molecule has 3 rings (SSSR count). The fourth-order valence-electron chi connectivity index (χ4n) is 3.20. The topological polar surface area (TPSA) is 91.3 Å². The number of carbonyl (C=O) groups is 1. The van der Waals surface area contributed by atoms with Gasteiger partial charge in [0.05, 0.1) is 25.0 Å². The molecular weight excluding hydrogens is 320 g/mol. The first-order chi connectivity index (χ1) is 12.1. The third-order valence-electron chi connectivity index (χ3n) is 4.67. The SMILES string of the molecule is Cc1nc([C@@H]2CCO[C@@H]2CN(C)C(=O)Cc2ccccc2CO)n[nH]1. The molecule has 0 bridgehead atoms. The quantitative estimate of drug-likeness (QED) is 0.821. The van der Waals surface area contributed by atoms with Gasteiger partial charge in [0.25, 0.3) is 0 Å². The maximum Gasteiger partial charge on any atom is 0.226 e. The molecule has 2 N–H and O–H groups in total. The number of hydrogen-bond acceptors (Lipinski definition) is 5. The van der Waals surface area contributed by atoms with Gasteiger partial charge in [-0.25, -0.2) is 4.98 Å². The zero-order valence-electron chi connectivity index (χ0n) is 14.6. The summed E-state index contributed by atoms with van der Waals surface area (Å²) in [7, 11) is 1.78. The number of amides is 1. The summed E-state index contributed by atoms with van der Waals surface area (Å²) in [5, 5.41) is 16.5. The molecule has 7 nitrogen and oxygen atoms in total. The van der Waals surface area contributed by atoms with E-state index in [0.29, 0.717) is 13.2 Å². The van der Waals surface area contributed by atoms with Gasteiger partial charge in [0.1, 0.15) is 5.82 Å². The van der Waals surface area contributed by atoms with Crippen molar-refractivity contribution in [2.75, 3.05) is 20.2 Å². The zero-order chi connectivity index (χ0) is 17.8. The number of ether oxygens (including phenoxy) is 1. The van der Waals surface area contributed by atoms with Crippen molar-refractivity contribution in [3.8, 4) is 0 Å². The number of nitrogens with zero attached hydrogens (tertiary/aromatic N) is 3. The van der Waals surface area contributed by atoms with E-state index in [0.717, 1.165) is 29.2 Å². The molecule has 1 aromatic heterocycles. The van der Waals surface area contributed by atoms with E-state index in [4.69, 9.17) is 4.74 Å². The number of nitrogens with one attached hydrogen (secondary N) is 1. The summed E-state index contributed by atoms with van der Waals surface area (Å²) in [6, 6.07) is 7.45. The second kappa shape index (κ2) is 7.76. The van der Waals surface area contributed by atoms with Gasteiger partial charge in [-0.3, -0.25) is 9.89 Å². The molecular formula is C18H24N4O3. The Balaban J connectivity index is 1.62. The number of aromatic nitrogens is 3. The van der Waals surface area contributed by atoms with Crippen LogP contribution in [0.3, 0.4) is 0 Å². The van der Waals surface area contributed by atoms with Crippen LogP contribution in [0.5, 0.6) is 0 Å². The van der Waals surface area contributed by atoms with Crippen molar-refractivity contribution in [2.45, 2.75) is 38.4 Å². The molecule has 1 amide bonds. The Morgan fingerprint density at radius 2 is 2.16 bits per heavy atom. The number of aliphatic hydroxyl groups excluding tert-OH is 1. The van der Waals surface area contributed by atoms with Crippen molar-refractivity contribution in [1.82, 2.24) is 20.1 Å². The van der Waals surface area contributed by atoms with Crippen molar-refractivity contribution in [3.05, 3.63) is 47.0 Å². The van der Waals surface area contributed by atoms with Crippen LogP contribution in [0.4, 0.5) is 0 Å². The van der Waals surface area contributed by atoms with Crippen LogP contribution in [0, 0.1) is 6.92 Å². The molecule has 0 spiro atoms. The summed E-state index contributed by atoms with van der Waals surface area (Å²) >= 11 is 0. The molecule has 0 radical (unpaired) electrons. The molecule has 134 valence electrons. The number of aromatic amines is 1. The number of benzene rings is 1. The van der Waals surface area contributed by atoms with E-state index < -0.39 is 0 Å². The fourth-order valence-corrected chi connectivity index (χ4v) is 3.20. The molecule has 1 aromatic carbocycles. The summed E-state index contributed by atoms with van der Waals surface area (Å²) in [6.07, 6.45) is 1.03. The lowest BCUT2D eigenvalue weighted by atomic mass is 10.00. The summed E-state index contributed by atoms with van der Waals surface area (Å²) < 4.78 is 5.82. The monoisotopic (exact) mass is 344 g/mol. The van der Waals surface area contributed by atoms with Gasteiger partial charge in [-0.2, -0.15) is 5.10 Å². The second-order valence-electron chi connectivity index (χ2n) is 6.46. The molecule has 0 unspecified atom stereocenters. The van der Waals surface area contributed by atoms with Crippen LogP contribution in [0.2, 0.25) is 0 Å². The standard InChI is InChI=1S/C18H24N4O3/c1-12-19-18(21-20-12)15-7-8-25-16(15)10-22(2)17(24)9-13-5-3-4-6-14(13)11-23/h3-6,15-16,23H,7-11H2,1-2H3,(H,19,20,21)/t15-,16-/m1/s1. The Hall–Kier alpha value is -2.25. The van der Waals surface area contributed by atoms with Crippen LogP contribution in [0.25, 0.3) is 0 Å². The van der Waals surface area contributed by atoms with E-state index in [9.17, 15) is 9.90 Å². The molecule has 0 aliphatic carbocycles. The van der Waals surface area contributed by atoms with Crippen molar-refractivity contribution in [2.24, 2.45) is 0 Å². The highest BCUT2D eigenvalue weighted by Gasteiger charge is 2.34. The van der Waals surface area contributed by atoms with Gasteiger partial charge in [0, 0.05) is 20.2 Å². The Labute approximate surface area is 147 Å². The van der Waals surface area contributed by atoms with Crippen molar-refractivity contribution < 1.29 is 14.6 Å². The highest BCUT2D eigenvalue weighted by Crippen LogP contribution is 2.29. The summed E-state index contributed by atoms with van der Waals surface area (Å²) in [6.45, 7) is 2.96. The van der Waals surface area contributed by atoms with Crippen LogP contribution in [0.15, 0.2) is 24.3 Å². The average molecular weight is 344 g/mol. The molecule has 1 aliphatic heterocycles. The predicted molar refractivity (Wildman–Crippen MR) is 91.9 cm³/mol. The third kappa shape index (κ3) is 4.05. The Morgan fingerprint density at radius 1 is 1.40 bits per heavy atom. The molecule has 7 heteroatoms. The van der Waals surface area contributed by atoms with Crippen molar-refractivity contribution in [3.63, 3.8) is 0 Å². The van der Waals surface area contributed by atoms with Crippen LogP contribution < -0.4 is 0 Å². The normalized spacial score (nSPS) is 20.0. The molecule has 2 heterocycles. The van der Waals surface area contributed by atoms with Crippen molar-refractivity contribution in [1.29, 1.82) is 0 Å². The molecule has 1 fully saturated rings. The Kier molecular flexibility index (Phi) is 5.45. The van der Waals surface area contributed by atoms with E-state index in [1.165, 1.54) is 0 Å². The first-order valence-corrected chi connectivity index (χ1v) is 8.50. The van der Waals surface area contributed by atoms with Crippen LogP contribution >= 0.6 is 0 Å². The average Bonchev–Trinajstić information content (AvgIpc) is 3.23. The van der Waals surface area contributed by atoms with Gasteiger partial charge in [-0.05, 0) is 24.5 Å². The van der Waals surface area contributed by atoms with Crippen LogP contribution in [0.1, 0.15) is 35.1 Å². The number of hydrogen-bond donors (Lipinski definition) is 2. The van der Waals surface area contributed by atoms with E-state index in [2.05, 4.69) is 15.2 Å². The largest absolute Gasteiger partial charge is 0.392 e. The lowest BCUT2D eigenvalue weighted by molar-refractivity contribution is -0.130. The van der Waals surface area contributed by atoms with Gasteiger partial charge in [0.2, 0.25) is 5.91 Å². The first kappa shape index (κ1) is 17.6. The highest BCUT2D eigenvalue weighted by molar-refractivity contribution is 5.78. The predicted octanol–water partition coefficient (Wildman–Crippen LogP) is 1.18. The van der Waals surface area contributed by atoms with Crippen LogP contribution in [-0.4, -0.2) is 57.4 Å². The first-order valence-electron chi connectivity index (χ1n) is 8.50. The molecule has 0 saturated carbocycles. The molecule has 25 heavy (non-hydrogen) atoms. The minimum absolute atomic E-state index is 0.00122. The van der Waals surface area contributed by atoms with Gasteiger partial charge in [-0.15, -0.1) is 0 Å². The summed E-state index contributed by atoms with van der Waals surface area (Å²) in [5.41, 5.74) is 1.64. The molecule has 2 atom stereocenters. The number of rotatable bonds is 6. The Morgan fingerprint density at radius 3 is 2.84 bits per heavy atom. The van der Waals surface area contributed by atoms with E-state index in [1.807, 2.05) is 31.2 Å². The number of H-pyrrole nitrogens is 1. The summed E-state index contributed by atoms with van der Waals surface area (Å²) in [5.74, 6) is 1.64. The minimum atomic E-state index is -0.0998. The lowest BCUT2D eigenvalue weighted by Crippen LogP contribution is -2.37. The number of aryl methyl sites for hydroxylation is 1. The van der Waals surface area contributed by atoms with Gasteiger partial charge in [0.15, 0.2) is 5.82 Å². The molecule has 1 saturated heterocycles. The van der Waals surface area contributed by atoms with E-state index in [1.54, 1.807) is 11.9 Å². The van der Waals surface area contributed by atoms with Gasteiger partial charge in [-0.1, -0.05) is 24.3 Å². The van der Waals surface area contributed by atoms with Crippen LogP contribution in [-0.2, 0) is 22.6 Å².